The number of benzene rings is 1. The van der Waals surface area contributed by atoms with Gasteiger partial charge in [-0.3, -0.25) is 4.79 Å². The van der Waals surface area contributed by atoms with E-state index in [9.17, 15) is 4.79 Å². The van der Waals surface area contributed by atoms with E-state index >= 15 is 0 Å². The molecule has 0 aliphatic heterocycles. The first-order chi connectivity index (χ1) is 13.0. The predicted molar refractivity (Wildman–Crippen MR) is 115 cm³/mol. The zero-order valence-electron chi connectivity index (χ0n) is 16.1. The average Bonchev–Trinajstić information content (AvgIpc) is 3.20. The van der Waals surface area contributed by atoms with Crippen molar-refractivity contribution in [3.63, 3.8) is 0 Å². The number of amides is 1. The molecule has 5 heteroatoms. The number of carbonyl (C=O) groups is 1. The summed E-state index contributed by atoms with van der Waals surface area (Å²) in [5.74, 6) is 0.259. The summed E-state index contributed by atoms with van der Waals surface area (Å²) in [4.78, 5) is 16.6. The summed E-state index contributed by atoms with van der Waals surface area (Å²) < 4.78 is 0. The van der Waals surface area contributed by atoms with Gasteiger partial charge in [0.1, 0.15) is 5.01 Å². The molecule has 0 radical (unpaired) electrons. The molecule has 0 fully saturated rings. The van der Waals surface area contributed by atoms with E-state index in [1.54, 1.807) is 23.1 Å². The summed E-state index contributed by atoms with van der Waals surface area (Å²) in [5.41, 5.74) is 4.91. The third-order valence-electron chi connectivity index (χ3n) is 4.41. The van der Waals surface area contributed by atoms with Gasteiger partial charge in [0, 0.05) is 22.7 Å². The van der Waals surface area contributed by atoms with E-state index in [1.165, 1.54) is 11.1 Å². The summed E-state index contributed by atoms with van der Waals surface area (Å²) in [7, 11) is 0. The van der Waals surface area contributed by atoms with E-state index < -0.39 is 0 Å². The maximum atomic E-state index is 12.4. The predicted octanol–water partition coefficient (Wildman–Crippen LogP) is 6.05. The zero-order chi connectivity index (χ0) is 19.6. The number of nitrogens with zero attached hydrogens (tertiary/aromatic N) is 1. The van der Waals surface area contributed by atoms with E-state index in [-0.39, 0.29) is 11.9 Å². The van der Waals surface area contributed by atoms with E-state index in [0.717, 1.165) is 29.8 Å². The van der Waals surface area contributed by atoms with Crippen molar-refractivity contribution in [3.8, 4) is 0 Å². The highest BCUT2D eigenvalue weighted by Crippen LogP contribution is 2.20. The second kappa shape index (κ2) is 11.1. The van der Waals surface area contributed by atoms with E-state index in [2.05, 4.69) is 29.4 Å². The van der Waals surface area contributed by atoms with Crippen LogP contribution in [0.1, 0.15) is 50.2 Å². The molecular formula is C22H27ClN2OS. The fraction of sp³-hybridized carbons (Fsp3) is 0.364. The fourth-order valence-corrected chi connectivity index (χ4v) is 3.69. The Balaban J connectivity index is 1.83. The van der Waals surface area contributed by atoms with Crippen LogP contribution in [0.5, 0.6) is 0 Å². The third kappa shape index (κ3) is 7.31. The number of halogens is 1. The van der Waals surface area contributed by atoms with Crippen molar-refractivity contribution >= 4 is 28.8 Å². The van der Waals surface area contributed by atoms with Gasteiger partial charge in [0.25, 0.3) is 0 Å². The SMILES string of the molecule is C/C(=C\C(C)CC/C(=C\Cl)Cc1ccccc1)C(=O)N[C@@H](C)c1nccs1. The Hall–Kier alpha value is -1.91. The van der Waals surface area contributed by atoms with Gasteiger partial charge in [-0.2, -0.15) is 0 Å². The highest BCUT2D eigenvalue weighted by molar-refractivity contribution is 7.09. The minimum Gasteiger partial charge on any atom is -0.343 e. The molecule has 1 N–H and O–H groups in total. The van der Waals surface area contributed by atoms with Crippen LogP contribution in [0.2, 0.25) is 0 Å². The highest BCUT2D eigenvalue weighted by atomic mass is 35.5. The molecule has 0 aliphatic rings. The first-order valence-electron chi connectivity index (χ1n) is 9.20. The second-order valence-electron chi connectivity index (χ2n) is 6.86. The lowest BCUT2D eigenvalue weighted by Crippen LogP contribution is -2.27. The smallest absolute Gasteiger partial charge is 0.247 e. The monoisotopic (exact) mass is 402 g/mol. The summed E-state index contributed by atoms with van der Waals surface area (Å²) in [6.45, 7) is 5.95. The summed E-state index contributed by atoms with van der Waals surface area (Å²) >= 11 is 7.57. The number of carbonyl (C=O) groups excluding carboxylic acids is 1. The van der Waals surface area contributed by atoms with Gasteiger partial charge in [0.15, 0.2) is 0 Å². The number of thiazole rings is 1. The molecule has 1 aromatic carbocycles. The Morgan fingerprint density at radius 3 is 2.67 bits per heavy atom. The molecule has 144 valence electrons. The van der Waals surface area contributed by atoms with Crippen LogP contribution in [0.15, 0.2) is 64.7 Å². The normalized spacial score (nSPS) is 14.7. The molecule has 0 spiro atoms. The van der Waals surface area contributed by atoms with Crippen LogP contribution in [0, 0.1) is 5.92 Å². The van der Waals surface area contributed by atoms with Crippen molar-refractivity contribution in [3.05, 3.63) is 75.2 Å². The van der Waals surface area contributed by atoms with Crippen LogP contribution < -0.4 is 5.32 Å². The van der Waals surface area contributed by atoms with Crippen molar-refractivity contribution in [2.75, 3.05) is 0 Å². The lowest BCUT2D eigenvalue weighted by atomic mass is 9.96. The van der Waals surface area contributed by atoms with Gasteiger partial charge in [-0.05, 0) is 44.6 Å². The maximum absolute atomic E-state index is 12.4. The topological polar surface area (TPSA) is 42.0 Å². The zero-order valence-corrected chi connectivity index (χ0v) is 17.7. The van der Waals surface area contributed by atoms with E-state index in [1.807, 2.05) is 43.5 Å². The molecule has 3 nitrogen and oxygen atoms in total. The van der Waals surface area contributed by atoms with E-state index in [4.69, 9.17) is 11.6 Å². The van der Waals surface area contributed by atoms with Crippen molar-refractivity contribution in [2.24, 2.45) is 5.92 Å². The molecule has 0 bridgehead atoms. The van der Waals surface area contributed by atoms with Gasteiger partial charge < -0.3 is 5.32 Å². The first kappa shape index (κ1) is 21.4. The quantitative estimate of drug-likeness (QED) is 0.519. The van der Waals surface area contributed by atoms with Gasteiger partial charge in [-0.1, -0.05) is 60.5 Å². The molecule has 1 aromatic heterocycles. The van der Waals surface area contributed by atoms with Crippen molar-refractivity contribution in [2.45, 2.75) is 46.1 Å². The van der Waals surface area contributed by atoms with Gasteiger partial charge in [-0.15, -0.1) is 11.3 Å². The van der Waals surface area contributed by atoms with Crippen molar-refractivity contribution < 1.29 is 4.79 Å². The number of nitrogens with one attached hydrogen (secondary N) is 1. The lowest BCUT2D eigenvalue weighted by molar-refractivity contribution is -0.118. The fourth-order valence-electron chi connectivity index (χ4n) is 2.86. The van der Waals surface area contributed by atoms with Crippen LogP contribution >= 0.6 is 22.9 Å². The first-order valence-corrected chi connectivity index (χ1v) is 10.5. The van der Waals surface area contributed by atoms with Gasteiger partial charge in [-0.25, -0.2) is 4.98 Å². The largest absolute Gasteiger partial charge is 0.343 e. The van der Waals surface area contributed by atoms with E-state index in [0.29, 0.717) is 5.92 Å². The van der Waals surface area contributed by atoms with Gasteiger partial charge in [0.2, 0.25) is 5.91 Å². The molecule has 1 heterocycles. The molecule has 0 aliphatic carbocycles. The Bertz CT molecular complexity index is 769. The van der Waals surface area contributed by atoms with Crippen LogP contribution in [-0.2, 0) is 11.2 Å². The molecule has 2 aromatic rings. The standard InChI is InChI=1S/C22H27ClN2OS/c1-16(9-10-20(15-23)14-19-7-5-4-6-8-19)13-17(2)21(26)25-18(3)22-24-11-12-27-22/h4-8,11-13,15-16,18H,9-10,14H2,1-3H3,(H,25,26)/b17-13+,20-15+/t16?,18-/m0/s1. The average molecular weight is 403 g/mol. The number of allylic oxidation sites excluding steroid dienone is 2. The number of rotatable bonds is 9. The minimum absolute atomic E-state index is 0.0399. The summed E-state index contributed by atoms with van der Waals surface area (Å²) in [5, 5.41) is 5.84. The third-order valence-corrected chi connectivity index (χ3v) is 5.68. The molecule has 1 amide bonds. The molecule has 0 saturated heterocycles. The van der Waals surface area contributed by atoms with Crippen molar-refractivity contribution in [1.82, 2.24) is 10.3 Å². The Morgan fingerprint density at radius 1 is 1.30 bits per heavy atom. The second-order valence-corrected chi connectivity index (χ2v) is 8.01. The maximum Gasteiger partial charge on any atom is 0.247 e. The Labute approximate surface area is 171 Å². The van der Waals surface area contributed by atoms with Gasteiger partial charge >= 0.3 is 0 Å². The van der Waals surface area contributed by atoms with Crippen LogP contribution in [0.25, 0.3) is 0 Å². The van der Waals surface area contributed by atoms with Crippen LogP contribution in [-0.4, -0.2) is 10.9 Å². The molecule has 2 rings (SSSR count). The molecule has 2 atom stereocenters. The number of aromatic nitrogens is 1. The molecule has 0 saturated carbocycles. The molecule has 1 unspecified atom stereocenters. The van der Waals surface area contributed by atoms with Crippen LogP contribution in [0.3, 0.4) is 0 Å². The lowest BCUT2D eigenvalue weighted by Gasteiger charge is -2.14. The Morgan fingerprint density at radius 2 is 2.04 bits per heavy atom. The number of hydrogen-bond donors (Lipinski definition) is 1. The highest BCUT2D eigenvalue weighted by Gasteiger charge is 2.13. The Kier molecular flexibility index (Phi) is 8.76. The van der Waals surface area contributed by atoms with Gasteiger partial charge in [0.05, 0.1) is 6.04 Å². The summed E-state index contributed by atoms with van der Waals surface area (Å²) in [6, 6.07) is 10.3. The molecule has 27 heavy (non-hydrogen) atoms. The summed E-state index contributed by atoms with van der Waals surface area (Å²) in [6.07, 6.45) is 6.53. The van der Waals surface area contributed by atoms with Crippen LogP contribution in [0.4, 0.5) is 0 Å². The van der Waals surface area contributed by atoms with Crippen molar-refractivity contribution in [1.29, 1.82) is 0 Å². The number of hydrogen-bond acceptors (Lipinski definition) is 3. The minimum atomic E-state index is -0.0761. The molecular weight excluding hydrogens is 376 g/mol.